The lowest BCUT2D eigenvalue weighted by atomic mass is 10.0. The van der Waals surface area contributed by atoms with Crippen LogP contribution in [0.25, 0.3) is 11.1 Å². The van der Waals surface area contributed by atoms with Crippen molar-refractivity contribution >= 4 is 44.7 Å². The number of nitrogens with one attached hydrogen (secondary N) is 2. The number of thiocarbonyl (C=S) groups is 1. The summed E-state index contributed by atoms with van der Waals surface area (Å²) in [7, 11) is -4.47. The normalized spacial score (nSPS) is 10.9. The van der Waals surface area contributed by atoms with Crippen molar-refractivity contribution in [1.82, 2.24) is 0 Å². The molecule has 0 unspecified atom stereocenters. The SMILES string of the molecule is CC(=O)Nc1ccc(-c2ccc(NC(N)=S)c(S(=O)(=O)O)c2)cc1. The van der Waals surface area contributed by atoms with E-state index in [9.17, 15) is 17.8 Å². The van der Waals surface area contributed by atoms with Crippen molar-refractivity contribution in [3.05, 3.63) is 42.5 Å². The number of hydrogen-bond donors (Lipinski definition) is 4. The molecule has 0 radical (unpaired) electrons. The maximum absolute atomic E-state index is 11.6. The van der Waals surface area contributed by atoms with Gasteiger partial charge in [-0.05, 0) is 47.6 Å². The quantitative estimate of drug-likeness (QED) is 0.484. The fourth-order valence-corrected chi connectivity index (χ4v) is 2.88. The third kappa shape index (κ3) is 4.51. The van der Waals surface area contributed by atoms with Crippen molar-refractivity contribution in [2.45, 2.75) is 11.8 Å². The van der Waals surface area contributed by atoms with Gasteiger partial charge in [-0.15, -0.1) is 0 Å². The Bertz CT molecular complexity index is 893. The predicted molar refractivity (Wildman–Crippen MR) is 96.4 cm³/mol. The van der Waals surface area contributed by atoms with Crippen LogP contribution in [-0.2, 0) is 14.9 Å². The van der Waals surface area contributed by atoms with E-state index >= 15 is 0 Å². The third-order valence-corrected chi connectivity index (χ3v) is 4.05. The van der Waals surface area contributed by atoms with Gasteiger partial charge in [0, 0.05) is 12.6 Å². The van der Waals surface area contributed by atoms with Gasteiger partial charge in [0.05, 0.1) is 5.69 Å². The molecule has 5 N–H and O–H groups in total. The van der Waals surface area contributed by atoms with Crippen molar-refractivity contribution in [3.63, 3.8) is 0 Å². The van der Waals surface area contributed by atoms with Gasteiger partial charge in [0.15, 0.2) is 5.11 Å². The lowest BCUT2D eigenvalue weighted by Gasteiger charge is -2.11. The highest BCUT2D eigenvalue weighted by atomic mass is 32.2. The number of hydrogen-bond acceptors (Lipinski definition) is 4. The molecule has 0 spiro atoms. The number of carbonyl (C=O) groups excluding carboxylic acids is 1. The van der Waals surface area contributed by atoms with E-state index < -0.39 is 10.1 Å². The summed E-state index contributed by atoms with van der Waals surface area (Å²) in [6, 6.07) is 11.2. The van der Waals surface area contributed by atoms with Crippen LogP contribution in [0.3, 0.4) is 0 Å². The second-order valence-corrected chi connectivity index (χ2v) is 6.76. The van der Waals surface area contributed by atoms with Crippen molar-refractivity contribution in [3.8, 4) is 11.1 Å². The zero-order valence-electron chi connectivity index (χ0n) is 12.6. The third-order valence-electron chi connectivity index (χ3n) is 3.06. The second kappa shape index (κ2) is 6.95. The van der Waals surface area contributed by atoms with E-state index in [-0.39, 0.29) is 21.6 Å². The van der Waals surface area contributed by atoms with Crippen LogP contribution in [-0.4, -0.2) is 24.0 Å². The van der Waals surface area contributed by atoms with Crippen LogP contribution in [0.15, 0.2) is 47.4 Å². The molecule has 0 heterocycles. The minimum absolute atomic E-state index is 0.0867. The molecule has 7 nitrogen and oxygen atoms in total. The Morgan fingerprint density at radius 2 is 1.67 bits per heavy atom. The van der Waals surface area contributed by atoms with E-state index in [0.717, 1.165) is 0 Å². The molecule has 0 atom stereocenters. The Labute approximate surface area is 144 Å². The lowest BCUT2D eigenvalue weighted by Crippen LogP contribution is -2.20. The summed E-state index contributed by atoms with van der Waals surface area (Å²) in [5.74, 6) is -0.190. The first-order chi connectivity index (χ1) is 11.2. The Morgan fingerprint density at radius 3 is 2.17 bits per heavy atom. The average molecular weight is 365 g/mol. The van der Waals surface area contributed by atoms with Gasteiger partial charge in [0.1, 0.15) is 4.90 Å². The molecule has 0 aliphatic heterocycles. The number of amides is 1. The van der Waals surface area contributed by atoms with Crippen molar-refractivity contribution < 1.29 is 17.8 Å². The molecule has 1 amide bonds. The highest BCUT2D eigenvalue weighted by molar-refractivity contribution is 7.86. The first-order valence-corrected chi connectivity index (χ1v) is 8.57. The number of carbonyl (C=O) groups is 1. The number of rotatable bonds is 4. The van der Waals surface area contributed by atoms with Crippen molar-refractivity contribution in [2.24, 2.45) is 5.73 Å². The van der Waals surface area contributed by atoms with Crippen LogP contribution in [0.2, 0.25) is 0 Å². The summed E-state index contributed by atoms with van der Waals surface area (Å²) in [5, 5.41) is 5.03. The molecular formula is C15H15N3O4S2. The van der Waals surface area contributed by atoms with Crippen LogP contribution in [0.5, 0.6) is 0 Å². The molecule has 9 heteroatoms. The van der Waals surface area contributed by atoms with Crippen LogP contribution in [0, 0.1) is 0 Å². The summed E-state index contributed by atoms with van der Waals surface area (Å²) in [5.41, 5.74) is 7.32. The molecule has 2 aromatic rings. The van der Waals surface area contributed by atoms with Crippen LogP contribution in [0.1, 0.15) is 6.92 Å². The number of benzene rings is 2. The molecule has 0 aliphatic carbocycles. The summed E-state index contributed by atoms with van der Waals surface area (Å²) < 4.78 is 32.6. The topological polar surface area (TPSA) is 122 Å². The molecule has 0 saturated carbocycles. The molecule has 0 aromatic heterocycles. The van der Waals surface area contributed by atoms with Gasteiger partial charge in [0.25, 0.3) is 10.1 Å². The largest absolute Gasteiger partial charge is 0.376 e. The molecule has 126 valence electrons. The van der Waals surface area contributed by atoms with Gasteiger partial charge in [-0.25, -0.2) is 0 Å². The standard InChI is InChI=1S/C15H15N3O4S2/c1-9(19)17-12-5-2-10(3-6-12)11-4-7-13(18-15(16)23)14(8-11)24(20,21)22/h2-8H,1H3,(H,17,19)(H3,16,18,23)(H,20,21,22). The Morgan fingerprint density at radius 1 is 1.08 bits per heavy atom. The van der Waals surface area contributed by atoms with E-state index in [4.69, 9.17) is 18.0 Å². The lowest BCUT2D eigenvalue weighted by molar-refractivity contribution is -0.114. The molecule has 0 fully saturated rings. The predicted octanol–water partition coefficient (Wildman–Crippen LogP) is 2.21. The van der Waals surface area contributed by atoms with Gasteiger partial charge >= 0.3 is 0 Å². The van der Waals surface area contributed by atoms with E-state index in [0.29, 0.717) is 16.8 Å². The molecule has 0 aliphatic rings. The Hall–Kier alpha value is -2.49. The maximum Gasteiger partial charge on any atom is 0.296 e. The molecule has 0 bridgehead atoms. The zero-order valence-corrected chi connectivity index (χ0v) is 14.2. The van der Waals surface area contributed by atoms with Gasteiger partial charge in [-0.2, -0.15) is 8.42 Å². The first-order valence-electron chi connectivity index (χ1n) is 6.73. The summed E-state index contributed by atoms with van der Waals surface area (Å²) in [4.78, 5) is 10.7. The van der Waals surface area contributed by atoms with E-state index in [1.807, 2.05) is 0 Å². The Kier molecular flexibility index (Phi) is 5.17. The minimum atomic E-state index is -4.47. The maximum atomic E-state index is 11.6. The number of nitrogens with two attached hydrogens (primary N) is 1. The van der Waals surface area contributed by atoms with Crippen LogP contribution < -0.4 is 16.4 Å². The molecule has 24 heavy (non-hydrogen) atoms. The van der Waals surface area contributed by atoms with Crippen LogP contribution >= 0.6 is 12.2 Å². The van der Waals surface area contributed by atoms with Gasteiger partial charge < -0.3 is 16.4 Å². The van der Waals surface area contributed by atoms with Gasteiger partial charge in [-0.3, -0.25) is 9.35 Å². The highest BCUT2D eigenvalue weighted by Gasteiger charge is 2.17. The van der Waals surface area contributed by atoms with E-state index in [2.05, 4.69) is 10.6 Å². The fourth-order valence-electron chi connectivity index (χ4n) is 2.10. The second-order valence-electron chi connectivity index (χ2n) is 4.93. The summed E-state index contributed by atoms with van der Waals surface area (Å²) in [6.45, 7) is 1.40. The highest BCUT2D eigenvalue weighted by Crippen LogP contribution is 2.29. The van der Waals surface area contributed by atoms with Crippen molar-refractivity contribution in [1.29, 1.82) is 0 Å². The first kappa shape index (κ1) is 17.9. The molecule has 2 rings (SSSR count). The summed E-state index contributed by atoms with van der Waals surface area (Å²) in [6.07, 6.45) is 0. The smallest absolute Gasteiger partial charge is 0.296 e. The molecule has 2 aromatic carbocycles. The van der Waals surface area contributed by atoms with Gasteiger partial charge in [0.2, 0.25) is 5.91 Å². The van der Waals surface area contributed by atoms with Crippen LogP contribution in [0.4, 0.5) is 11.4 Å². The monoisotopic (exact) mass is 365 g/mol. The Balaban J connectivity index is 2.44. The van der Waals surface area contributed by atoms with Gasteiger partial charge in [-0.1, -0.05) is 18.2 Å². The summed E-state index contributed by atoms with van der Waals surface area (Å²) >= 11 is 4.69. The number of anilines is 2. The molecule has 0 saturated heterocycles. The van der Waals surface area contributed by atoms with E-state index in [1.54, 1.807) is 30.3 Å². The average Bonchev–Trinajstić information content (AvgIpc) is 2.46. The fraction of sp³-hybridized carbons (Fsp3) is 0.0667. The van der Waals surface area contributed by atoms with E-state index in [1.165, 1.54) is 19.1 Å². The van der Waals surface area contributed by atoms with Crippen molar-refractivity contribution in [2.75, 3.05) is 10.6 Å². The minimum Gasteiger partial charge on any atom is -0.376 e. The molecular weight excluding hydrogens is 350 g/mol. The zero-order chi connectivity index (χ0) is 17.9.